The van der Waals surface area contributed by atoms with Crippen LogP contribution < -0.4 is 0 Å². The fourth-order valence-corrected chi connectivity index (χ4v) is 3.22. The number of aldehydes is 1. The van der Waals surface area contributed by atoms with Gasteiger partial charge in [-0.05, 0) is 35.2 Å². The van der Waals surface area contributed by atoms with Crippen molar-refractivity contribution in [1.29, 1.82) is 0 Å². The molecule has 1 aliphatic heterocycles. The molecule has 0 N–H and O–H groups in total. The summed E-state index contributed by atoms with van der Waals surface area (Å²) in [6.45, 7) is 0. The second kappa shape index (κ2) is 4.38. The number of fused-ring (bicyclic) bond motifs is 2. The normalized spacial score (nSPS) is 12.7. The quantitative estimate of drug-likeness (QED) is 0.638. The van der Waals surface area contributed by atoms with Crippen LogP contribution in [-0.4, -0.2) is 6.29 Å². The van der Waals surface area contributed by atoms with Gasteiger partial charge in [0.1, 0.15) is 6.29 Å². The van der Waals surface area contributed by atoms with Crippen LogP contribution in [0.1, 0.15) is 16.7 Å². The van der Waals surface area contributed by atoms with Gasteiger partial charge in [0.25, 0.3) is 0 Å². The minimum atomic E-state index is 0.513. The minimum absolute atomic E-state index is 0.513. The van der Waals surface area contributed by atoms with E-state index in [1.54, 1.807) is 0 Å². The number of carbonyl (C=O) groups excluding carboxylic acids is 1. The number of benzene rings is 2. The van der Waals surface area contributed by atoms with Gasteiger partial charge >= 0.3 is 0 Å². The predicted octanol–water partition coefficient (Wildman–Crippen LogP) is 3.48. The molecule has 1 heterocycles. The molecule has 1 aliphatic rings. The Hall–Kier alpha value is -1.54. The molecule has 2 aromatic rings. The standard InChI is InChI=1S/C15H12OS/c16-8-7-11-5-6-15-13(9-11)10-12-3-1-2-4-14(12)17-15/h1-6,8-9H,7,10H2. The van der Waals surface area contributed by atoms with Crippen molar-refractivity contribution in [3.8, 4) is 0 Å². The molecule has 0 aliphatic carbocycles. The van der Waals surface area contributed by atoms with Crippen molar-refractivity contribution in [2.75, 3.05) is 0 Å². The van der Waals surface area contributed by atoms with Gasteiger partial charge in [0.15, 0.2) is 0 Å². The lowest BCUT2D eigenvalue weighted by Gasteiger charge is -2.19. The molecule has 2 aromatic carbocycles. The second-order valence-electron chi connectivity index (χ2n) is 4.20. The highest BCUT2D eigenvalue weighted by Crippen LogP contribution is 2.39. The highest BCUT2D eigenvalue weighted by atomic mass is 32.2. The maximum absolute atomic E-state index is 10.5. The summed E-state index contributed by atoms with van der Waals surface area (Å²) >= 11 is 1.82. The van der Waals surface area contributed by atoms with E-state index in [9.17, 15) is 4.79 Å². The van der Waals surface area contributed by atoms with E-state index in [2.05, 4.69) is 36.4 Å². The van der Waals surface area contributed by atoms with E-state index in [-0.39, 0.29) is 0 Å². The first-order valence-corrected chi connectivity index (χ1v) is 6.49. The summed E-state index contributed by atoms with van der Waals surface area (Å²) in [6.07, 6.45) is 2.45. The summed E-state index contributed by atoms with van der Waals surface area (Å²) in [4.78, 5) is 13.2. The van der Waals surface area contributed by atoms with E-state index in [4.69, 9.17) is 0 Å². The van der Waals surface area contributed by atoms with Crippen molar-refractivity contribution in [2.24, 2.45) is 0 Å². The third-order valence-electron chi connectivity index (χ3n) is 3.02. The third-order valence-corrected chi connectivity index (χ3v) is 4.25. The van der Waals surface area contributed by atoms with Gasteiger partial charge in [0.05, 0.1) is 0 Å². The van der Waals surface area contributed by atoms with Crippen molar-refractivity contribution >= 4 is 18.0 Å². The molecule has 0 fully saturated rings. The summed E-state index contributed by atoms with van der Waals surface area (Å²) in [6, 6.07) is 14.9. The highest BCUT2D eigenvalue weighted by Gasteiger charge is 2.15. The van der Waals surface area contributed by atoms with Crippen LogP contribution in [0.2, 0.25) is 0 Å². The van der Waals surface area contributed by atoms with E-state index in [0.717, 1.165) is 18.3 Å². The van der Waals surface area contributed by atoms with Crippen LogP contribution in [0.25, 0.3) is 0 Å². The lowest BCUT2D eigenvalue weighted by Crippen LogP contribution is -2.00. The number of hydrogen-bond acceptors (Lipinski definition) is 2. The largest absolute Gasteiger partial charge is 0.303 e. The fourth-order valence-electron chi connectivity index (χ4n) is 2.17. The van der Waals surface area contributed by atoms with Gasteiger partial charge in [0, 0.05) is 16.2 Å². The Kier molecular flexibility index (Phi) is 2.73. The van der Waals surface area contributed by atoms with Gasteiger partial charge in [-0.3, -0.25) is 0 Å². The average molecular weight is 240 g/mol. The first-order valence-electron chi connectivity index (χ1n) is 5.68. The van der Waals surface area contributed by atoms with Gasteiger partial charge in [-0.2, -0.15) is 0 Å². The molecule has 0 atom stereocenters. The van der Waals surface area contributed by atoms with Crippen molar-refractivity contribution in [1.82, 2.24) is 0 Å². The van der Waals surface area contributed by atoms with Crippen LogP contribution in [0.5, 0.6) is 0 Å². The maximum Gasteiger partial charge on any atom is 0.124 e. The van der Waals surface area contributed by atoms with Crippen LogP contribution >= 0.6 is 11.8 Å². The minimum Gasteiger partial charge on any atom is -0.303 e. The van der Waals surface area contributed by atoms with Crippen molar-refractivity contribution in [3.05, 3.63) is 59.2 Å². The van der Waals surface area contributed by atoms with Crippen molar-refractivity contribution in [2.45, 2.75) is 22.6 Å². The van der Waals surface area contributed by atoms with Crippen molar-refractivity contribution in [3.63, 3.8) is 0 Å². The maximum atomic E-state index is 10.5. The van der Waals surface area contributed by atoms with E-state index in [1.165, 1.54) is 20.9 Å². The molecule has 0 amide bonds. The fraction of sp³-hybridized carbons (Fsp3) is 0.133. The lowest BCUT2D eigenvalue weighted by atomic mass is 10.0. The zero-order valence-electron chi connectivity index (χ0n) is 9.35. The number of hydrogen-bond donors (Lipinski definition) is 0. The van der Waals surface area contributed by atoms with E-state index < -0.39 is 0 Å². The second-order valence-corrected chi connectivity index (χ2v) is 5.28. The van der Waals surface area contributed by atoms with Crippen LogP contribution in [0.3, 0.4) is 0 Å². The summed E-state index contributed by atoms with van der Waals surface area (Å²) in [5.74, 6) is 0. The third kappa shape index (κ3) is 2.01. The zero-order chi connectivity index (χ0) is 11.7. The van der Waals surface area contributed by atoms with Gasteiger partial charge < -0.3 is 4.79 Å². The molecule has 0 saturated carbocycles. The molecule has 0 bridgehead atoms. The van der Waals surface area contributed by atoms with Crippen LogP contribution in [0.15, 0.2) is 52.3 Å². The summed E-state index contributed by atoms with van der Waals surface area (Å²) in [5.41, 5.74) is 3.83. The smallest absolute Gasteiger partial charge is 0.124 e. The first kappa shape index (κ1) is 10.6. The highest BCUT2D eigenvalue weighted by molar-refractivity contribution is 7.99. The number of carbonyl (C=O) groups is 1. The van der Waals surface area contributed by atoms with Crippen molar-refractivity contribution < 1.29 is 4.79 Å². The molecule has 0 saturated heterocycles. The predicted molar refractivity (Wildman–Crippen MR) is 69.6 cm³/mol. The SMILES string of the molecule is O=CCc1ccc2c(c1)Cc1ccccc1S2. The summed E-state index contributed by atoms with van der Waals surface area (Å²) in [5, 5.41) is 0. The first-order chi connectivity index (χ1) is 8.36. The van der Waals surface area contributed by atoms with Gasteiger partial charge in [-0.25, -0.2) is 0 Å². The molecular formula is C15H12OS. The Labute approximate surface area is 105 Å². The number of rotatable bonds is 2. The molecular weight excluding hydrogens is 228 g/mol. The van der Waals surface area contributed by atoms with Gasteiger partial charge in [0.2, 0.25) is 0 Å². The van der Waals surface area contributed by atoms with Gasteiger partial charge in [-0.1, -0.05) is 42.1 Å². The summed E-state index contributed by atoms with van der Waals surface area (Å²) in [7, 11) is 0. The van der Waals surface area contributed by atoms with E-state index in [0.29, 0.717) is 6.42 Å². The molecule has 0 radical (unpaired) electrons. The Bertz CT molecular complexity index is 575. The molecule has 17 heavy (non-hydrogen) atoms. The molecule has 2 heteroatoms. The molecule has 0 spiro atoms. The van der Waals surface area contributed by atoms with Crippen LogP contribution in [0.4, 0.5) is 0 Å². The Morgan fingerprint density at radius 1 is 1.06 bits per heavy atom. The molecule has 3 rings (SSSR count). The molecule has 1 nitrogen and oxygen atoms in total. The average Bonchev–Trinajstić information content (AvgIpc) is 2.36. The summed E-state index contributed by atoms with van der Waals surface area (Å²) < 4.78 is 0. The van der Waals surface area contributed by atoms with Crippen LogP contribution in [-0.2, 0) is 17.6 Å². The zero-order valence-corrected chi connectivity index (χ0v) is 10.2. The van der Waals surface area contributed by atoms with E-state index in [1.807, 2.05) is 17.8 Å². The molecule has 0 aromatic heterocycles. The monoisotopic (exact) mass is 240 g/mol. The Balaban J connectivity index is 2.00. The Morgan fingerprint density at radius 2 is 1.88 bits per heavy atom. The topological polar surface area (TPSA) is 17.1 Å². The van der Waals surface area contributed by atoms with Crippen LogP contribution in [0, 0.1) is 0 Å². The molecule has 0 unspecified atom stereocenters. The van der Waals surface area contributed by atoms with E-state index >= 15 is 0 Å². The Morgan fingerprint density at radius 3 is 2.76 bits per heavy atom. The molecule has 84 valence electrons. The van der Waals surface area contributed by atoms with Gasteiger partial charge in [-0.15, -0.1) is 0 Å². The lowest BCUT2D eigenvalue weighted by molar-refractivity contribution is -0.107.